The Morgan fingerprint density at radius 2 is 1.97 bits per heavy atom. The summed E-state index contributed by atoms with van der Waals surface area (Å²) in [6.07, 6.45) is 3.63. The van der Waals surface area contributed by atoms with E-state index in [9.17, 15) is 9.90 Å². The molecule has 9 nitrogen and oxygen atoms in total. The van der Waals surface area contributed by atoms with Gasteiger partial charge in [-0.2, -0.15) is 10.2 Å². The van der Waals surface area contributed by atoms with Crippen molar-refractivity contribution in [3.05, 3.63) is 53.4 Å². The van der Waals surface area contributed by atoms with Gasteiger partial charge in [-0.05, 0) is 25.3 Å². The summed E-state index contributed by atoms with van der Waals surface area (Å²) in [6.45, 7) is 3.45. The maximum Gasteiger partial charge on any atom is 0.247 e. The van der Waals surface area contributed by atoms with Crippen LogP contribution in [0.15, 0.2) is 24.9 Å². The number of carbonyl (C=O) groups excluding carboxylic acids is 1. The monoisotopic (exact) mass is 473 g/mol. The highest BCUT2D eigenvalue weighted by Gasteiger charge is 2.41. The number of hydrogen-bond donors (Lipinski definition) is 3. The number of H-pyrrole nitrogens is 1. The van der Waals surface area contributed by atoms with Crippen molar-refractivity contribution in [2.24, 2.45) is 7.05 Å². The number of fused-ring (bicyclic) bond motifs is 1. The molecule has 0 unspecified atom stereocenters. The van der Waals surface area contributed by atoms with Crippen molar-refractivity contribution in [3.8, 4) is 22.9 Å². The van der Waals surface area contributed by atoms with Crippen LogP contribution in [-0.2, 0) is 30.3 Å². The number of methoxy groups -OCH3 is 2. The molecule has 1 aliphatic rings. The van der Waals surface area contributed by atoms with Crippen molar-refractivity contribution in [2.45, 2.75) is 31.3 Å². The molecule has 0 saturated heterocycles. The van der Waals surface area contributed by atoms with Gasteiger partial charge in [0.15, 0.2) is 23.1 Å². The predicted molar refractivity (Wildman–Crippen MR) is 120 cm³/mol. The third-order valence-corrected chi connectivity index (χ3v) is 5.97. The lowest BCUT2D eigenvalue weighted by Gasteiger charge is -2.29. The van der Waals surface area contributed by atoms with E-state index in [0.717, 1.165) is 17.7 Å². The number of halogens is 2. The third-order valence-electron chi connectivity index (χ3n) is 5.97. The molecule has 4 rings (SSSR count). The minimum absolute atomic E-state index is 0.0847. The molecule has 1 aliphatic carbocycles. The van der Waals surface area contributed by atoms with E-state index in [-0.39, 0.29) is 24.3 Å². The van der Waals surface area contributed by atoms with E-state index >= 15 is 8.78 Å². The number of ether oxygens (including phenoxy) is 2. The SMILES string of the molecule is C=CC(=O)Nc1cn(C)nc1-c1n[nH]c2c1CCC[C@](O)(c1c(F)c(OC)cc(OC)c1F)C2. The van der Waals surface area contributed by atoms with E-state index in [4.69, 9.17) is 9.47 Å². The Bertz CT molecular complexity index is 1240. The van der Waals surface area contributed by atoms with Gasteiger partial charge in [0, 0.05) is 37.0 Å². The molecule has 1 atom stereocenters. The summed E-state index contributed by atoms with van der Waals surface area (Å²) in [5.74, 6) is -2.82. The van der Waals surface area contributed by atoms with Crippen LogP contribution in [0.4, 0.5) is 14.5 Å². The van der Waals surface area contributed by atoms with Gasteiger partial charge in [0.1, 0.15) is 17.0 Å². The molecule has 34 heavy (non-hydrogen) atoms. The van der Waals surface area contributed by atoms with Crippen molar-refractivity contribution in [2.75, 3.05) is 19.5 Å². The summed E-state index contributed by atoms with van der Waals surface area (Å²) < 4.78 is 42.0. The first kappa shape index (κ1) is 23.4. The third kappa shape index (κ3) is 3.92. The van der Waals surface area contributed by atoms with Crippen LogP contribution < -0.4 is 14.8 Å². The largest absolute Gasteiger partial charge is 0.494 e. The number of benzene rings is 1. The molecule has 3 aromatic rings. The topological polar surface area (TPSA) is 114 Å². The molecule has 1 aromatic carbocycles. The number of nitrogens with one attached hydrogen (secondary N) is 2. The first-order valence-electron chi connectivity index (χ1n) is 10.6. The molecule has 2 aromatic heterocycles. The Morgan fingerprint density at radius 1 is 1.29 bits per heavy atom. The van der Waals surface area contributed by atoms with E-state index < -0.39 is 28.7 Å². The summed E-state index contributed by atoms with van der Waals surface area (Å²) in [5, 5.41) is 25.9. The molecule has 11 heteroatoms. The molecule has 2 heterocycles. The Labute approximate surface area is 194 Å². The molecule has 0 saturated carbocycles. The van der Waals surface area contributed by atoms with Crippen LogP contribution in [0.3, 0.4) is 0 Å². The summed E-state index contributed by atoms with van der Waals surface area (Å²) in [5.41, 5.74) is 0.237. The highest BCUT2D eigenvalue weighted by atomic mass is 19.1. The number of aromatic amines is 1. The van der Waals surface area contributed by atoms with Gasteiger partial charge in [-0.15, -0.1) is 0 Å². The number of aromatic nitrogens is 4. The molecule has 0 bridgehead atoms. The maximum absolute atomic E-state index is 15.2. The van der Waals surface area contributed by atoms with E-state index in [1.54, 1.807) is 13.2 Å². The fourth-order valence-electron chi connectivity index (χ4n) is 4.40. The molecule has 0 aliphatic heterocycles. The average Bonchev–Trinajstić information content (AvgIpc) is 3.30. The van der Waals surface area contributed by atoms with Crippen molar-refractivity contribution < 1.29 is 28.2 Å². The number of carbonyl (C=O) groups is 1. The summed E-state index contributed by atoms with van der Waals surface area (Å²) in [7, 11) is 4.22. The lowest BCUT2D eigenvalue weighted by molar-refractivity contribution is -0.111. The zero-order valence-electron chi connectivity index (χ0n) is 19.0. The Hall–Kier alpha value is -3.73. The van der Waals surface area contributed by atoms with Gasteiger partial charge < -0.3 is 19.9 Å². The van der Waals surface area contributed by atoms with E-state index in [1.807, 2.05) is 0 Å². The summed E-state index contributed by atoms with van der Waals surface area (Å²) in [4.78, 5) is 11.8. The van der Waals surface area contributed by atoms with Crippen molar-refractivity contribution in [1.82, 2.24) is 20.0 Å². The van der Waals surface area contributed by atoms with Crippen molar-refractivity contribution in [3.63, 3.8) is 0 Å². The standard InChI is InChI=1S/C23H25F2N5O4/c1-5-17(31)26-14-11-30(2)29-22(14)21-12-7-6-8-23(32,10-13(12)27-28-21)18-19(24)15(33-3)9-16(34-4)20(18)25/h5,9,11,32H,1,6-8,10H2,2-4H3,(H,26,31)(H,27,28)/t23-/m1/s1. The molecular formula is C23H25F2N5O4. The number of amides is 1. The highest BCUT2D eigenvalue weighted by Crippen LogP contribution is 2.44. The fraction of sp³-hybridized carbons (Fsp3) is 0.348. The average molecular weight is 473 g/mol. The van der Waals surface area contributed by atoms with Gasteiger partial charge in [0.2, 0.25) is 5.91 Å². The van der Waals surface area contributed by atoms with E-state index in [2.05, 4.69) is 27.2 Å². The molecule has 3 N–H and O–H groups in total. The predicted octanol–water partition coefficient (Wildman–Crippen LogP) is 3.00. The van der Waals surface area contributed by atoms with Crippen LogP contribution in [-0.4, -0.2) is 45.2 Å². The molecule has 1 amide bonds. The van der Waals surface area contributed by atoms with Crippen LogP contribution in [0.1, 0.15) is 29.7 Å². The normalized spacial score (nSPS) is 17.6. The van der Waals surface area contributed by atoms with Gasteiger partial charge in [-0.3, -0.25) is 14.6 Å². The van der Waals surface area contributed by atoms with Crippen LogP contribution >= 0.6 is 0 Å². The second-order valence-corrected chi connectivity index (χ2v) is 8.13. The first-order chi connectivity index (χ1) is 16.2. The number of aliphatic hydroxyl groups is 1. The zero-order chi connectivity index (χ0) is 24.6. The first-order valence-corrected chi connectivity index (χ1v) is 10.6. The number of nitrogens with zero attached hydrogens (tertiary/aromatic N) is 3. The molecule has 0 fully saturated rings. The van der Waals surface area contributed by atoms with Gasteiger partial charge in [0.25, 0.3) is 0 Å². The Morgan fingerprint density at radius 3 is 2.59 bits per heavy atom. The summed E-state index contributed by atoms with van der Waals surface area (Å²) >= 11 is 0. The van der Waals surface area contributed by atoms with Gasteiger partial charge in [0.05, 0.1) is 25.5 Å². The lowest BCUT2D eigenvalue weighted by Crippen LogP contribution is -2.31. The number of anilines is 1. The molecule has 0 spiro atoms. The quantitative estimate of drug-likeness (QED) is 0.375. The van der Waals surface area contributed by atoms with Gasteiger partial charge in [-0.1, -0.05) is 6.58 Å². The summed E-state index contributed by atoms with van der Waals surface area (Å²) in [6, 6.07) is 1.11. The van der Waals surface area contributed by atoms with E-state index in [1.165, 1.54) is 18.9 Å². The second-order valence-electron chi connectivity index (χ2n) is 8.13. The molecule has 0 radical (unpaired) electrons. The van der Waals surface area contributed by atoms with Crippen molar-refractivity contribution in [1.29, 1.82) is 0 Å². The minimum Gasteiger partial charge on any atom is -0.494 e. The zero-order valence-corrected chi connectivity index (χ0v) is 19.0. The number of rotatable bonds is 6. The van der Waals surface area contributed by atoms with Gasteiger partial charge in [-0.25, -0.2) is 8.78 Å². The van der Waals surface area contributed by atoms with Crippen molar-refractivity contribution >= 4 is 11.6 Å². The number of hydrogen-bond acceptors (Lipinski definition) is 6. The van der Waals surface area contributed by atoms with Crippen LogP contribution in [0.2, 0.25) is 0 Å². The molecular weight excluding hydrogens is 448 g/mol. The van der Waals surface area contributed by atoms with Gasteiger partial charge >= 0.3 is 0 Å². The Balaban J connectivity index is 1.79. The van der Waals surface area contributed by atoms with Crippen LogP contribution in [0.25, 0.3) is 11.4 Å². The van der Waals surface area contributed by atoms with E-state index in [0.29, 0.717) is 35.6 Å². The second kappa shape index (κ2) is 8.90. The van der Waals surface area contributed by atoms with Crippen LogP contribution in [0, 0.1) is 11.6 Å². The minimum atomic E-state index is -1.88. The molecule has 180 valence electrons. The number of aryl methyl sites for hydroxylation is 1. The smallest absolute Gasteiger partial charge is 0.247 e. The maximum atomic E-state index is 15.2. The van der Waals surface area contributed by atoms with Crippen LogP contribution in [0.5, 0.6) is 11.5 Å². The Kier molecular flexibility index (Phi) is 6.13. The lowest BCUT2D eigenvalue weighted by atomic mass is 9.85. The fourth-order valence-corrected chi connectivity index (χ4v) is 4.40. The highest BCUT2D eigenvalue weighted by molar-refractivity contribution is 6.01.